The molecule has 0 unspecified atom stereocenters. The van der Waals surface area contributed by atoms with E-state index in [1.165, 1.54) is 0 Å². The SMILES string of the molecule is N#CCc1cnn(-c2cccc(CO[CH2][Pb])c2)c1. The average molecular weight is 433 g/mol. The first-order valence-electron chi connectivity index (χ1n) is 5.55. The second kappa shape index (κ2) is 6.66. The van der Waals surface area contributed by atoms with Crippen LogP contribution in [0.5, 0.6) is 0 Å². The monoisotopic (exact) mass is 434 g/mol. The summed E-state index contributed by atoms with van der Waals surface area (Å²) in [5.74, 6) is 0. The molecule has 0 fully saturated rings. The third-order valence-corrected chi connectivity index (χ3v) is 3.26. The van der Waals surface area contributed by atoms with E-state index in [2.05, 4.69) is 17.2 Å². The van der Waals surface area contributed by atoms with Crippen molar-refractivity contribution in [1.82, 2.24) is 9.78 Å². The molecule has 1 aromatic carbocycles. The first-order chi connectivity index (χ1) is 8.83. The number of nitriles is 1. The van der Waals surface area contributed by atoms with Gasteiger partial charge in [-0.1, -0.05) is 0 Å². The van der Waals surface area contributed by atoms with E-state index >= 15 is 0 Å². The van der Waals surface area contributed by atoms with Crippen LogP contribution in [-0.4, -0.2) is 39.7 Å². The van der Waals surface area contributed by atoms with E-state index in [0.717, 1.165) is 46.7 Å². The fourth-order valence-electron chi connectivity index (χ4n) is 1.64. The summed E-state index contributed by atoms with van der Waals surface area (Å²) in [6.07, 6.45) is 4.00. The zero-order chi connectivity index (χ0) is 12.8. The molecule has 2 rings (SSSR count). The number of aromatic nitrogens is 2. The van der Waals surface area contributed by atoms with Crippen LogP contribution in [0.25, 0.3) is 5.69 Å². The third-order valence-electron chi connectivity index (χ3n) is 2.47. The van der Waals surface area contributed by atoms with Gasteiger partial charge in [-0.2, -0.15) is 0 Å². The quantitative estimate of drug-likeness (QED) is 0.673. The van der Waals surface area contributed by atoms with Crippen molar-refractivity contribution in [1.29, 1.82) is 5.26 Å². The molecule has 89 valence electrons. The Kier molecular flexibility index (Phi) is 4.90. The van der Waals surface area contributed by atoms with Gasteiger partial charge in [-0.15, -0.1) is 0 Å². The summed E-state index contributed by atoms with van der Waals surface area (Å²) in [6.45, 7) is 0.643. The Morgan fingerprint density at radius 1 is 1.39 bits per heavy atom. The maximum absolute atomic E-state index is 8.64. The number of ether oxygens (including phenoxy) is 1. The predicted octanol–water partition coefficient (Wildman–Crippen LogP) is 1.58. The van der Waals surface area contributed by atoms with Crippen molar-refractivity contribution in [3.63, 3.8) is 0 Å². The summed E-state index contributed by atoms with van der Waals surface area (Å²) in [7, 11) is 0. The molecule has 0 aliphatic rings. The Labute approximate surface area is 122 Å². The molecule has 0 saturated carbocycles. The molecule has 0 saturated heterocycles. The van der Waals surface area contributed by atoms with Crippen LogP contribution in [0.4, 0.5) is 0 Å². The molecule has 0 spiro atoms. The second-order valence-electron chi connectivity index (χ2n) is 3.79. The van der Waals surface area contributed by atoms with Gasteiger partial charge < -0.3 is 0 Å². The standard InChI is InChI=1S/C13H12N3O.Pb/c1-17-10-11-3-2-4-13(7-11)16-9-12(5-6-14)8-15-16;/h2-4,7-9H,1,5,10H2;. The van der Waals surface area contributed by atoms with Gasteiger partial charge in [0.05, 0.1) is 0 Å². The molecule has 18 heavy (non-hydrogen) atoms. The topological polar surface area (TPSA) is 50.8 Å². The Morgan fingerprint density at radius 3 is 3.06 bits per heavy atom. The maximum atomic E-state index is 8.64. The summed E-state index contributed by atoms with van der Waals surface area (Å²) >= 11 is 1.06. The molecule has 0 N–H and O–H groups in total. The van der Waals surface area contributed by atoms with Gasteiger partial charge in [-0.05, 0) is 0 Å². The molecular weight excluding hydrogens is 421 g/mol. The van der Waals surface area contributed by atoms with E-state index in [9.17, 15) is 0 Å². The summed E-state index contributed by atoms with van der Waals surface area (Å²) in [5.41, 5.74) is 3.06. The van der Waals surface area contributed by atoms with Crippen LogP contribution >= 0.6 is 0 Å². The Hall–Kier alpha value is -1.20. The van der Waals surface area contributed by atoms with Crippen molar-refractivity contribution in [2.24, 2.45) is 0 Å². The minimum absolute atomic E-state index is 0.392. The molecule has 3 radical (unpaired) electrons. The number of benzene rings is 1. The summed E-state index contributed by atoms with van der Waals surface area (Å²) in [6, 6.07) is 10.2. The van der Waals surface area contributed by atoms with Crippen LogP contribution in [0.3, 0.4) is 0 Å². The van der Waals surface area contributed by atoms with Crippen LogP contribution < -0.4 is 0 Å². The van der Waals surface area contributed by atoms with Gasteiger partial charge >= 0.3 is 122 Å². The van der Waals surface area contributed by atoms with Crippen LogP contribution in [0.15, 0.2) is 36.7 Å². The number of nitrogens with zero attached hydrogens (tertiary/aromatic N) is 3. The van der Waals surface area contributed by atoms with Gasteiger partial charge in [-0.25, -0.2) is 0 Å². The van der Waals surface area contributed by atoms with Gasteiger partial charge in [0, 0.05) is 0 Å². The molecule has 5 heteroatoms. The molecule has 1 heterocycles. The van der Waals surface area contributed by atoms with E-state index in [1.807, 2.05) is 24.4 Å². The molecule has 4 nitrogen and oxygen atoms in total. The van der Waals surface area contributed by atoms with E-state index in [-0.39, 0.29) is 0 Å². The Bertz CT molecular complexity index is 559. The summed E-state index contributed by atoms with van der Waals surface area (Å²) in [5, 5.41) is 12.9. The van der Waals surface area contributed by atoms with E-state index < -0.39 is 0 Å². The van der Waals surface area contributed by atoms with Crippen molar-refractivity contribution in [2.75, 3.05) is 4.17 Å². The summed E-state index contributed by atoms with van der Waals surface area (Å²) < 4.78 is 8.08. The van der Waals surface area contributed by atoms with Crippen molar-refractivity contribution < 1.29 is 4.74 Å². The molecule has 0 aliphatic carbocycles. The predicted molar refractivity (Wildman–Crippen MR) is 68.3 cm³/mol. The van der Waals surface area contributed by atoms with Gasteiger partial charge in [-0.3, -0.25) is 0 Å². The van der Waals surface area contributed by atoms with E-state index in [4.69, 9.17) is 10.00 Å². The van der Waals surface area contributed by atoms with E-state index in [0.29, 0.717) is 13.0 Å². The minimum atomic E-state index is 0.392. The number of hydrogen-bond donors (Lipinski definition) is 0. The molecule has 1 aromatic heterocycles. The van der Waals surface area contributed by atoms with Crippen molar-refractivity contribution >= 4 is 25.8 Å². The van der Waals surface area contributed by atoms with Gasteiger partial charge in [0.25, 0.3) is 0 Å². The molecule has 0 atom stereocenters. The van der Waals surface area contributed by atoms with Gasteiger partial charge in [0.1, 0.15) is 0 Å². The molecular formula is C13H12N3OPb. The zero-order valence-corrected chi connectivity index (χ0v) is 13.7. The molecule has 0 amide bonds. The van der Waals surface area contributed by atoms with Gasteiger partial charge in [0.15, 0.2) is 0 Å². The second-order valence-corrected chi connectivity index (χ2v) is 4.91. The average Bonchev–Trinajstić information content (AvgIpc) is 2.86. The van der Waals surface area contributed by atoms with E-state index in [1.54, 1.807) is 10.9 Å². The first-order valence-corrected chi connectivity index (χ1v) is 8.30. The number of hydrogen-bond acceptors (Lipinski definition) is 3. The Morgan fingerprint density at radius 2 is 2.28 bits per heavy atom. The Balaban J connectivity index is 2.19. The van der Waals surface area contributed by atoms with Crippen LogP contribution in [0, 0.1) is 11.3 Å². The molecule has 0 bridgehead atoms. The van der Waals surface area contributed by atoms with Crippen molar-refractivity contribution in [3.05, 3.63) is 47.8 Å². The van der Waals surface area contributed by atoms with Crippen molar-refractivity contribution in [3.8, 4) is 11.8 Å². The fourth-order valence-corrected chi connectivity index (χ4v) is 2.04. The van der Waals surface area contributed by atoms with Crippen molar-refractivity contribution in [2.45, 2.75) is 13.0 Å². The first kappa shape index (κ1) is 13.2. The third kappa shape index (κ3) is 3.40. The summed E-state index contributed by atoms with van der Waals surface area (Å²) in [4.78, 5) is 0. The van der Waals surface area contributed by atoms with Gasteiger partial charge in [0.2, 0.25) is 0 Å². The molecule has 2 aromatic rings. The van der Waals surface area contributed by atoms with Crippen LogP contribution in [0.1, 0.15) is 11.1 Å². The number of rotatable bonds is 5. The molecule has 0 aliphatic heterocycles. The normalized spacial score (nSPS) is 10.2. The van der Waals surface area contributed by atoms with Crippen LogP contribution in [-0.2, 0) is 17.8 Å². The zero-order valence-electron chi connectivity index (χ0n) is 9.84. The fraction of sp³-hybridized carbons (Fsp3) is 0.231. The van der Waals surface area contributed by atoms with Crippen LogP contribution in [0.2, 0.25) is 0 Å².